The van der Waals surface area contributed by atoms with Gasteiger partial charge in [-0.3, -0.25) is 24.3 Å². The summed E-state index contributed by atoms with van der Waals surface area (Å²) in [4.78, 5) is 45.1. The van der Waals surface area contributed by atoms with Crippen LogP contribution in [-0.2, 0) is 20.9 Å². The number of ether oxygens (including phenoxy) is 1. The van der Waals surface area contributed by atoms with E-state index >= 15 is 0 Å². The number of fused-ring (bicyclic) bond motifs is 1. The molecule has 0 spiro atoms. The van der Waals surface area contributed by atoms with Crippen molar-refractivity contribution < 1.29 is 19.1 Å². The van der Waals surface area contributed by atoms with Gasteiger partial charge in [-0.2, -0.15) is 0 Å². The maximum atomic E-state index is 12.2. The highest BCUT2D eigenvalue weighted by molar-refractivity contribution is 7.19. The van der Waals surface area contributed by atoms with Crippen molar-refractivity contribution in [2.75, 3.05) is 19.6 Å². The summed E-state index contributed by atoms with van der Waals surface area (Å²) in [5.41, 5.74) is 9.09. The lowest BCUT2D eigenvalue weighted by molar-refractivity contribution is -0.139. The van der Waals surface area contributed by atoms with Crippen LogP contribution in [0.15, 0.2) is 30.5 Å². The number of aryl methyl sites for hydroxylation is 1. The van der Waals surface area contributed by atoms with Gasteiger partial charge < -0.3 is 15.4 Å². The topological polar surface area (TPSA) is 106 Å². The van der Waals surface area contributed by atoms with Gasteiger partial charge in [0.25, 0.3) is 0 Å². The standard InChI is InChI=1S/C27H29ClN4O4S/c1-16-12-17(28)13-21(26(16)36-18-6-10-31(11-7-18)23(33)4-8-29)20-5-9-30-22-14-19(37-27(20)22)15-32-24(34)2-3-25(32)35/h5,9,12-14,18H,2-4,6-8,10-11,15,29H2,1H3. The lowest BCUT2D eigenvalue weighted by Gasteiger charge is -2.33. The van der Waals surface area contributed by atoms with Crippen molar-refractivity contribution in [2.45, 2.75) is 51.7 Å². The fourth-order valence-electron chi connectivity index (χ4n) is 4.99. The van der Waals surface area contributed by atoms with Crippen LogP contribution in [-0.4, -0.2) is 58.2 Å². The molecule has 5 rings (SSSR count). The number of nitrogens with two attached hydrogens (primary N) is 1. The van der Waals surface area contributed by atoms with Gasteiger partial charge in [-0.05, 0) is 36.8 Å². The number of imide groups is 1. The molecular weight excluding hydrogens is 512 g/mol. The van der Waals surface area contributed by atoms with Crippen LogP contribution < -0.4 is 10.5 Å². The molecular formula is C27H29ClN4O4S. The van der Waals surface area contributed by atoms with Crippen LogP contribution in [0, 0.1) is 6.92 Å². The molecule has 4 heterocycles. The number of hydrogen-bond donors (Lipinski definition) is 1. The Kier molecular flexibility index (Phi) is 7.46. The zero-order chi connectivity index (χ0) is 26.1. The lowest BCUT2D eigenvalue weighted by Crippen LogP contribution is -2.42. The Balaban J connectivity index is 1.43. The molecule has 0 bridgehead atoms. The number of amides is 3. The van der Waals surface area contributed by atoms with Crippen LogP contribution in [0.4, 0.5) is 0 Å². The van der Waals surface area contributed by atoms with Gasteiger partial charge >= 0.3 is 0 Å². The third kappa shape index (κ3) is 5.35. The van der Waals surface area contributed by atoms with Gasteiger partial charge in [0, 0.05) is 79.0 Å². The first-order valence-corrected chi connectivity index (χ1v) is 13.7. The molecule has 0 saturated carbocycles. The second kappa shape index (κ2) is 10.8. The summed E-state index contributed by atoms with van der Waals surface area (Å²) in [6.45, 7) is 3.89. The predicted octanol–water partition coefficient (Wildman–Crippen LogP) is 4.29. The maximum absolute atomic E-state index is 12.2. The number of carbonyl (C=O) groups is 3. The van der Waals surface area contributed by atoms with E-state index in [1.807, 2.05) is 36.1 Å². The number of pyridine rings is 1. The van der Waals surface area contributed by atoms with Crippen LogP contribution in [0.3, 0.4) is 0 Å². The minimum absolute atomic E-state index is 0.0241. The first-order chi connectivity index (χ1) is 17.8. The van der Waals surface area contributed by atoms with Crippen molar-refractivity contribution in [1.82, 2.24) is 14.8 Å². The SMILES string of the molecule is Cc1cc(Cl)cc(-c2ccnc3cc(CN4C(=O)CCC4=O)sc23)c1OC1CCN(C(=O)CCN)CC1. The molecule has 2 aliphatic heterocycles. The van der Waals surface area contributed by atoms with E-state index in [9.17, 15) is 14.4 Å². The molecule has 194 valence electrons. The van der Waals surface area contributed by atoms with Crippen LogP contribution in [0.1, 0.15) is 42.5 Å². The Hall–Kier alpha value is -3.01. The molecule has 3 aromatic rings. The quantitative estimate of drug-likeness (QED) is 0.448. The number of carbonyl (C=O) groups excluding carboxylic acids is 3. The van der Waals surface area contributed by atoms with Crippen molar-refractivity contribution in [2.24, 2.45) is 5.73 Å². The fourth-order valence-corrected chi connectivity index (χ4v) is 6.39. The zero-order valence-corrected chi connectivity index (χ0v) is 22.2. The Labute approximate surface area is 224 Å². The van der Waals surface area contributed by atoms with Gasteiger partial charge in [-0.25, -0.2) is 0 Å². The first-order valence-electron chi connectivity index (χ1n) is 12.5. The van der Waals surface area contributed by atoms with Gasteiger partial charge in [0.2, 0.25) is 17.7 Å². The predicted molar refractivity (Wildman–Crippen MR) is 143 cm³/mol. The molecule has 0 radical (unpaired) electrons. The Morgan fingerprint density at radius 2 is 1.89 bits per heavy atom. The third-order valence-electron chi connectivity index (χ3n) is 6.90. The van der Waals surface area contributed by atoms with E-state index in [-0.39, 0.29) is 43.2 Å². The molecule has 0 atom stereocenters. The summed E-state index contributed by atoms with van der Waals surface area (Å²) in [6.07, 6.45) is 4.12. The van der Waals surface area contributed by atoms with E-state index < -0.39 is 0 Å². The number of likely N-dealkylation sites (tertiary alicyclic amines) is 2. The van der Waals surface area contributed by atoms with Gasteiger partial charge in [-0.1, -0.05) is 11.6 Å². The molecule has 2 aromatic heterocycles. The third-order valence-corrected chi connectivity index (χ3v) is 8.26. The van der Waals surface area contributed by atoms with Crippen LogP contribution in [0.5, 0.6) is 5.75 Å². The number of thiophene rings is 1. The number of halogens is 1. The second-order valence-electron chi connectivity index (χ2n) is 9.50. The lowest BCUT2D eigenvalue weighted by atomic mass is 10.0. The normalized spacial score (nSPS) is 16.7. The summed E-state index contributed by atoms with van der Waals surface area (Å²) in [5.74, 6) is 0.595. The van der Waals surface area contributed by atoms with Gasteiger partial charge in [0.05, 0.1) is 16.8 Å². The van der Waals surface area contributed by atoms with Crippen LogP contribution in [0.25, 0.3) is 21.3 Å². The highest BCUT2D eigenvalue weighted by atomic mass is 35.5. The average molecular weight is 541 g/mol. The minimum atomic E-state index is -0.132. The summed E-state index contributed by atoms with van der Waals surface area (Å²) in [6, 6.07) is 7.68. The van der Waals surface area contributed by atoms with Crippen molar-refractivity contribution in [3.8, 4) is 16.9 Å². The van der Waals surface area contributed by atoms with Crippen molar-refractivity contribution >= 4 is 50.9 Å². The van der Waals surface area contributed by atoms with Crippen LogP contribution in [0.2, 0.25) is 5.02 Å². The average Bonchev–Trinajstić information content (AvgIpc) is 3.44. The molecule has 2 N–H and O–H groups in total. The zero-order valence-electron chi connectivity index (χ0n) is 20.7. The molecule has 2 fully saturated rings. The first kappa shape index (κ1) is 25.6. The van der Waals surface area contributed by atoms with E-state index in [1.165, 1.54) is 16.2 Å². The summed E-state index contributed by atoms with van der Waals surface area (Å²) in [7, 11) is 0. The molecule has 2 saturated heterocycles. The van der Waals surface area contributed by atoms with E-state index in [4.69, 9.17) is 22.1 Å². The smallest absolute Gasteiger partial charge is 0.230 e. The van der Waals surface area contributed by atoms with Crippen molar-refractivity contribution in [3.05, 3.63) is 45.9 Å². The molecule has 10 heteroatoms. The Morgan fingerprint density at radius 1 is 1.16 bits per heavy atom. The molecule has 8 nitrogen and oxygen atoms in total. The van der Waals surface area contributed by atoms with E-state index in [1.54, 1.807) is 6.20 Å². The molecule has 0 unspecified atom stereocenters. The van der Waals surface area contributed by atoms with Crippen LogP contribution >= 0.6 is 22.9 Å². The maximum Gasteiger partial charge on any atom is 0.230 e. The fraction of sp³-hybridized carbons (Fsp3) is 0.407. The monoisotopic (exact) mass is 540 g/mol. The highest BCUT2D eigenvalue weighted by Crippen LogP contribution is 2.42. The minimum Gasteiger partial charge on any atom is -0.489 e. The summed E-state index contributed by atoms with van der Waals surface area (Å²) >= 11 is 8.02. The van der Waals surface area contributed by atoms with Gasteiger partial charge in [0.15, 0.2) is 0 Å². The summed E-state index contributed by atoms with van der Waals surface area (Å²) < 4.78 is 7.52. The van der Waals surface area contributed by atoms with Crippen molar-refractivity contribution in [1.29, 1.82) is 0 Å². The summed E-state index contributed by atoms with van der Waals surface area (Å²) in [5, 5.41) is 0.608. The highest BCUT2D eigenvalue weighted by Gasteiger charge is 2.30. The number of nitrogens with zero attached hydrogens (tertiary/aromatic N) is 3. The largest absolute Gasteiger partial charge is 0.489 e. The van der Waals surface area contributed by atoms with Gasteiger partial charge in [0.1, 0.15) is 11.9 Å². The number of aromatic nitrogens is 1. The molecule has 37 heavy (non-hydrogen) atoms. The molecule has 2 aliphatic rings. The molecule has 1 aromatic carbocycles. The van der Waals surface area contributed by atoms with Crippen molar-refractivity contribution in [3.63, 3.8) is 0 Å². The molecule has 0 aliphatic carbocycles. The number of piperidine rings is 1. The van der Waals surface area contributed by atoms with Gasteiger partial charge in [-0.15, -0.1) is 11.3 Å². The number of hydrogen-bond acceptors (Lipinski definition) is 7. The number of benzene rings is 1. The number of rotatable bonds is 7. The molecule has 3 amide bonds. The second-order valence-corrected chi connectivity index (χ2v) is 11.1. The van der Waals surface area contributed by atoms with E-state index in [2.05, 4.69) is 4.98 Å². The Morgan fingerprint density at radius 3 is 2.59 bits per heavy atom. The van der Waals surface area contributed by atoms with E-state index in [0.29, 0.717) is 31.1 Å². The van der Waals surface area contributed by atoms with E-state index in [0.717, 1.165) is 50.4 Å². The Bertz CT molecular complexity index is 1350.